The van der Waals surface area contributed by atoms with Crippen molar-refractivity contribution in [3.63, 3.8) is 0 Å². The summed E-state index contributed by atoms with van der Waals surface area (Å²) in [5.41, 5.74) is 2.11. The number of benzene rings is 2. The molecule has 154 valence electrons. The summed E-state index contributed by atoms with van der Waals surface area (Å²) in [6.45, 7) is 4.59. The third-order valence-electron chi connectivity index (χ3n) is 4.66. The number of hydrogen-bond acceptors (Lipinski definition) is 5. The van der Waals surface area contributed by atoms with Crippen molar-refractivity contribution in [3.8, 4) is 0 Å². The van der Waals surface area contributed by atoms with Crippen LogP contribution in [0, 0.1) is 5.82 Å². The van der Waals surface area contributed by atoms with E-state index in [0.29, 0.717) is 23.4 Å². The summed E-state index contributed by atoms with van der Waals surface area (Å²) in [6, 6.07) is 15.9. The van der Waals surface area contributed by atoms with Crippen molar-refractivity contribution in [2.75, 3.05) is 10.7 Å². The number of para-hydroxylation sites is 1. The van der Waals surface area contributed by atoms with Gasteiger partial charge in [-0.05, 0) is 53.9 Å². The van der Waals surface area contributed by atoms with Crippen molar-refractivity contribution >= 4 is 44.4 Å². The maximum Gasteiger partial charge on any atom is 0.239 e. The lowest BCUT2D eigenvalue weighted by molar-refractivity contribution is -0.116. The fourth-order valence-electron chi connectivity index (χ4n) is 3.11. The first-order valence-electron chi connectivity index (χ1n) is 9.62. The van der Waals surface area contributed by atoms with Gasteiger partial charge in [0.25, 0.3) is 0 Å². The minimum Gasteiger partial charge on any atom is -0.467 e. The first kappa shape index (κ1) is 20.6. The Labute approximate surface area is 182 Å². The van der Waals surface area contributed by atoms with Crippen molar-refractivity contribution in [1.82, 2.24) is 4.98 Å². The van der Waals surface area contributed by atoms with Gasteiger partial charge in [-0.3, -0.25) is 9.69 Å². The number of thioether (sulfide) groups is 1. The lowest BCUT2D eigenvalue weighted by atomic mass is 10.0. The van der Waals surface area contributed by atoms with Crippen LogP contribution >= 0.6 is 23.1 Å². The quantitative estimate of drug-likeness (QED) is 0.309. The third kappa shape index (κ3) is 4.57. The van der Waals surface area contributed by atoms with Crippen molar-refractivity contribution in [2.24, 2.45) is 0 Å². The fraction of sp³-hybridized carbons (Fsp3) is 0.217. The molecule has 0 bridgehead atoms. The van der Waals surface area contributed by atoms with Crippen LogP contribution in [0.15, 0.2) is 70.2 Å². The minimum atomic E-state index is -0.291. The molecule has 0 N–H and O–H groups in total. The summed E-state index contributed by atoms with van der Waals surface area (Å²) in [6.07, 6.45) is 1.60. The molecule has 1 amide bonds. The van der Waals surface area contributed by atoms with E-state index < -0.39 is 0 Å². The molecule has 0 fully saturated rings. The predicted molar refractivity (Wildman–Crippen MR) is 121 cm³/mol. The average Bonchev–Trinajstić information content (AvgIpc) is 3.40. The zero-order chi connectivity index (χ0) is 21.1. The molecule has 0 saturated heterocycles. The van der Waals surface area contributed by atoms with Gasteiger partial charge in [0.05, 0.1) is 28.8 Å². The van der Waals surface area contributed by atoms with Gasteiger partial charge < -0.3 is 4.42 Å². The Morgan fingerprint density at radius 2 is 1.97 bits per heavy atom. The van der Waals surface area contributed by atoms with E-state index in [-0.39, 0.29) is 17.5 Å². The van der Waals surface area contributed by atoms with Crippen LogP contribution < -0.4 is 4.90 Å². The third-order valence-corrected chi connectivity index (χ3v) is 6.70. The predicted octanol–water partition coefficient (Wildman–Crippen LogP) is 6.48. The number of anilines is 1. The van der Waals surface area contributed by atoms with Gasteiger partial charge >= 0.3 is 0 Å². The number of furan rings is 1. The summed E-state index contributed by atoms with van der Waals surface area (Å²) in [7, 11) is 0. The van der Waals surface area contributed by atoms with Gasteiger partial charge in [0.1, 0.15) is 11.6 Å². The molecule has 0 aliphatic carbocycles. The Morgan fingerprint density at radius 1 is 1.17 bits per heavy atom. The van der Waals surface area contributed by atoms with Crippen molar-refractivity contribution < 1.29 is 13.6 Å². The Balaban J connectivity index is 1.62. The smallest absolute Gasteiger partial charge is 0.239 e. The van der Waals surface area contributed by atoms with E-state index in [2.05, 4.69) is 19.9 Å². The van der Waals surface area contributed by atoms with Gasteiger partial charge in [-0.2, -0.15) is 0 Å². The van der Waals surface area contributed by atoms with Gasteiger partial charge in [0, 0.05) is 4.90 Å². The molecule has 0 saturated carbocycles. The molecule has 4 nitrogen and oxygen atoms in total. The van der Waals surface area contributed by atoms with Crippen LogP contribution in [0.3, 0.4) is 0 Å². The SMILES string of the molecule is CC(C)c1cccc2sc(N(Cc3ccco3)C(=O)CSc3ccc(F)cc3)nc12. The second-order valence-electron chi connectivity index (χ2n) is 7.15. The molecule has 0 spiro atoms. The van der Waals surface area contributed by atoms with Crippen LogP contribution in [0.25, 0.3) is 10.2 Å². The van der Waals surface area contributed by atoms with Crippen LogP contribution in [0.5, 0.6) is 0 Å². The molecule has 4 rings (SSSR count). The Morgan fingerprint density at radius 3 is 2.67 bits per heavy atom. The van der Waals surface area contributed by atoms with E-state index in [1.165, 1.54) is 40.8 Å². The number of fused-ring (bicyclic) bond motifs is 1. The Hall–Kier alpha value is -2.64. The largest absolute Gasteiger partial charge is 0.467 e. The summed E-state index contributed by atoms with van der Waals surface area (Å²) in [4.78, 5) is 20.5. The van der Waals surface area contributed by atoms with Gasteiger partial charge in [-0.25, -0.2) is 9.37 Å². The second-order valence-corrected chi connectivity index (χ2v) is 9.20. The van der Waals surface area contributed by atoms with E-state index in [1.807, 2.05) is 18.2 Å². The number of amides is 1. The molecule has 2 heterocycles. The van der Waals surface area contributed by atoms with Gasteiger partial charge in [0.2, 0.25) is 5.91 Å². The summed E-state index contributed by atoms with van der Waals surface area (Å²) in [5, 5.41) is 0.652. The summed E-state index contributed by atoms with van der Waals surface area (Å²) < 4.78 is 19.7. The minimum absolute atomic E-state index is 0.0779. The highest BCUT2D eigenvalue weighted by Crippen LogP contribution is 2.34. The number of carbonyl (C=O) groups excluding carboxylic acids is 1. The van der Waals surface area contributed by atoms with Crippen molar-refractivity contribution in [3.05, 3.63) is 78.0 Å². The molecule has 0 radical (unpaired) electrons. The number of rotatable bonds is 7. The zero-order valence-electron chi connectivity index (χ0n) is 16.7. The van der Waals surface area contributed by atoms with Crippen LogP contribution in [-0.2, 0) is 11.3 Å². The molecule has 0 atom stereocenters. The van der Waals surface area contributed by atoms with Crippen LogP contribution in [0.1, 0.15) is 31.1 Å². The Kier molecular flexibility index (Phi) is 6.20. The van der Waals surface area contributed by atoms with Gasteiger partial charge in [-0.1, -0.05) is 37.3 Å². The monoisotopic (exact) mass is 440 g/mol. The van der Waals surface area contributed by atoms with E-state index >= 15 is 0 Å². The summed E-state index contributed by atoms with van der Waals surface area (Å²) >= 11 is 2.88. The number of thiazole rings is 1. The molecule has 30 heavy (non-hydrogen) atoms. The highest BCUT2D eigenvalue weighted by atomic mass is 32.2. The molecule has 2 aromatic heterocycles. The van der Waals surface area contributed by atoms with Crippen molar-refractivity contribution in [2.45, 2.75) is 31.2 Å². The molecule has 4 aromatic rings. The first-order valence-corrected chi connectivity index (χ1v) is 11.4. The number of aromatic nitrogens is 1. The molecule has 0 aliphatic rings. The van der Waals surface area contributed by atoms with Crippen LogP contribution in [-0.4, -0.2) is 16.6 Å². The topological polar surface area (TPSA) is 46.3 Å². The zero-order valence-corrected chi connectivity index (χ0v) is 18.3. The molecule has 0 unspecified atom stereocenters. The van der Waals surface area contributed by atoms with Crippen LogP contribution in [0.2, 0.25) is 0 Å². The normalized spacial score (nSPS) is 11.3. The number of carbonyl (C=O) groups is 1. The lowest BCUT2D eigenvalue weighted by Gasteiger charge is -2.18. The maximum atomic E-state index is 13.2. The number of nitrogens with zero attached hydrogens (tertiary/aromatic N) is 2. The second kappa shape index (κ2) is 9.02. The standard InChI is InChI=1S/C23H21FN2O2S2/c1-15(2)19-6-3-7-20-22(19)25-23(30-20)26(13-17-5-4-12-28-17)21(27)14-29-18-10-8-16(24)9-11-18/h3-12,15H,13-14H2,1-2H3. The van der Waals surface area contributed by atoms with Gasteiger partial charge in [-0.15, -0.1) is 11.8 Å². The highest BCUT2D eigenvalue weighted by molar-refractivity contribution is 8.00. The molecular weight excluding hydrogens is 419 g/mol. The average molecular weight is 441 g/mol. The molecule has 2 aromatic carbocycles. The lowest BCUT2D eigenvalue weighted by Crippen LogP contribution is -2.31. The van der Waals surface area contributed by atoms with E-state index in [4.69, 9.17) is 9.40 Å². The maximum absolute atomic E-state index is 13.2. The summed E-state index contributed by atoms with van der Waals surface area (Å²) in [5.74, 6) is 0.885. The van der Waals surface area contributed by atoms with Crippen molar-refractivity contribution in [1.29, 1.82) is 0 Å². The first-order chi connectivity index (χ1) is 14.5. The highest BCUT2D eigenvalue weighted by Gasteiger charge is 2.22. The molecular formula is C23H21FN2O2S2. The van der Waals surface area contributed by atoms with E-state index in [1.54, 1.807) is 29.4 Å². The fourth-order valence-corrected chi connectivity index (χ4v) is 4.91. The molecule has 7 heteroatoms. The Bertz CT molecular complexity index is 1140. The van der Waals surface area contributed by atoms with E-state index in [9.17, 15) is 9.18 Å². The molecule has 0 aliphatic heterocycles. The van der Waals surface area contributed by atoms with Crippen LogP contribution in [0.4, 0.5) is 9.52 Å². The number of hydrogen-bond donors (Lipinski definition) is 0. The number of halogens is 1. The van der Waals surface area contributed by atoms with E-state index in [0.717, 1.165) is 15.1 Å². The van der Waals surface area contributed by atoms with Gasteiger partial charge in [0.15, 0.2) is 5.13 Å².